The fourth-order valence-corrected chi connectivity index (χ4v) is 0.417. The largest absolute Gasteiger partial charge is 0.469 e. The minimum atomic E-state index is -0.752. The molecule has 0 spiro atoms. The molecular weight excluding hydrogens is 179 g/mol. The van der Waals surface area contributed by atoms with Gasteiger partial charge in [0.2, 0.25) is 0 Å². The molecule has 0 radical (unpaired) electrons. The van der Waals surface area contributed by atoms with Crippen LogP contribution in [-0.2, 0) is 14.3 Å². The topological polar surface area (TPSA) is 43.4 Å². The maximum Gasteiger partial charge on any atom is 0.307 e. The van der Waals surface area contributed by atoms with Crippen LogP contribution in [0.4, 0.5) is 0 Å². The lowest BCUT2D eigenvalue weighted by Gasteiger charge is -1.97. The lowest BCUT2D eigenvalue weighted by molar-refractivity contribution is -0.141. The van der Waals surface area contributed by atoms with Gasteiger partial charge in [0, 0.05) is 0 Å². The number of carbonyl (C=O) groups is 2. The van der Waals surface area contributed by atoms with Gasteiger partial charge in [-0.05, 0) is 0 Å². The van der Waals surface area contributed by atoms with Crippen LogP contribution in [0.25, 0.3) is 0 Å². The molecule has 10 heavy (non-hydrogen) atoms. The molecule has 0 aliphatic rings. The van der Waals surface area contributed by atoms with E-state index >= 15 is 0 Å². The molecule has 60 valence electrons. The van der Waals surface area contributed by atoms with E-state index in [0.717, 1.165) is 0 Å². The molecule has 0 rings (SSSR count). The number of ether oxygens (including phenoxy) is 1. The second kappa shape index (κ2) is 6.83. The molecule has 0 bridgehead atoms. The summed E-state index contributed by atoms with van der Waals surface area (Å²) in [4.78, 5) is 20.1. The summed E-state index contributed by atoms with van der Waals surface area (Å²) in [6.07, 6.45) is 0.444. The first-order chi connectivity index (χ1) is 4.20. The molecular formula is C5H8Cl2O3. The third-order valence-electron chi connectivity index (χ3n) is 0.737. The van der Waals surface area contributed by atoms with Gasteiger partial charge in [0.25, 0.3) is 0 Å². The second-order valence-electron chi connectivity index (χ2n) is 1.43. The molecule has 0 aromatic carbocycles. The summed E-state index contributed by atoms with van der Waals surface area (Å²) in [6.45, 7) is 0. The summed E-state index contributed by atoms with van der Waals surface area (Å²) in [6, 6.07) is 0. The highest BCUT2D eigenvalue weighted by molar-refractivity contribution is 6.28. The predicted octanol–water partition coefficient (Wildman–Crippen LogP) is 0.778. The molecule has 0 heterocycles. The Labute approximate surface area is 70.1 Å². The Kier molecular flexibility index (Phi) is 8.48. The van der Waals surface area contributed by atoms with Gasteiger partial charge >= 0.3 is 5.97 Å². The lowest BCUT2D eigenvalue weighted by Crippen LogP contribution is -2.10. The van der Waals surface area contributed by atoms with Gasteiger partial charge in [-0.3, -0.25) is 4.79 Å². The van der Waals surface area contributed by atoms with Crippen molar-refractivity contribution in [1.82, 2.24) is 0 Å². The van der Waals surface area contributed by atoms with Crippen LogP contribution in [0.2, 0.25) is 0 Å². The molecule has 0 amide bonds. The van der Waals surface area contributed by atoms with E-state index in [4.69, 9.17) is 11.6 Å². The standard InChI is InChI=1S/C5H7ClO3.ClH/c1-9-5(8)2-4(6)3-7;/h3-4H,2H2,1H3;1H. The molecule has 0 aliphatic carbocycles. The van der Waals surface area contributed by atoms with Crippen LogP contribution in [0.15, 0.2) is 0 Å². The zero-order valence-electron chi connectivity index (χ0n) is 5.37. The molecule has 1 atom stereocenters. The van der Waals surface area contributed by atoms with Crippen molar-refractivity contribution in [3.63, 3.8) is 0 Å². The molecule has 0 N–H and O–H groups in total. The van der Waals surface area contributed by atoms with Gasteiger partial charge in [0.1, 0.15) is 6.29 Å². The van der Waals surface area contributed by atoms with Gasteiger partial charge in [-0.15, -0.1) is 24.0 Å². The molecule has 1 unspecified atom stereocenters. The fourth-order valence-electron chi connectivity index (χ4n) is 0.291. The predicted molar refractivity (Wildman–Crippen MR) is 39.6 cm³/mol. The normalized spacial score (nSPS) is 11.0. The molecule has 0 aromatic rings. The van der Waals surface area contributed by atoms with Crippen molar-refractivity contribution in [2.45, 2.75) is 11.8 Å². The quantitative estimate of drug-likeness (QED) is 0.372. The van der Waals surface area contributed by atoms with Crippen molar-refractivity contribution < 1.29 is 14.3 Å². The van der Waals surface area contributed by atoms with Crippen molar-refractivity contribution in [2.24, 2.45) is 0 Å². The van der Waals surface area contributed by atoms with Gasteiger partial charge in [0.15, 0.2) is 0 Å². The molecule has 5 heteroatoms. The first kappa shape index (κ1) is 12.4. The van der Waals surface area contributed by atoms with Gasteiger partial charge in [-0.2, -0.15) is 0 Å². The molecule has 0 saturated carbocycles. The Morgan fingerprint density at radius 2 is 2.30 bits per heavy atom. The fraction of sp³-hybridized carbons (Fsp3) is 0.600. The van der Waals surface area contributed by atoms with Gasteiger partial charge < -0.3 is 9.53 Å². The third kappa shape index (κ3) is 5.85. The lowest BCUT2D eigenvalue weighted by atomic mass is 10.3. The van der Waals surface area contributed by atoms with Crippen LogP contribution in [0, 0.1) is 0 Å². The highest BCUT2D eigenvalue weighted by Crippen LogP contribution is 1.98. The minimum absolute atomic E-state index is 0. The Morgan fingerprint density at radius 3 is 2.60 bits per heavy atom. The molecule has 0 aliphatic heterocycles. The van der Waals surface area contributed by atoms with Crippen LogP contribution in [0.3, 0.4) is 0 Å². The van der Waals surface area contributed by atoms with Crippen molar-refractivity contribution in [1.29, 1.82) is 0 Å². The monoisotopic (exact) mass is 186 g/mol. The summed E-state index contributed by atoms with van der Waals surface area (Å²) in [5.41, 5.74) is 0. The minimum Gasteiger partial charge on any atom is -0.469 e. The molecule has 0 fully saturated rings. The number of halogens is 2. The van der Waals surface area contributed by atoms with Gasteiger partial charge in [-0.25, -0.2) is 0 Å². The second-order valence-corrected chi connectivity index (χ2v) is 1.99. The van der Waals surface area contributed by atoms with Crippen molar-refractivity contribution in [3.05, 3.63) is 0 Å². The number of esters is 1. The zero-order chi connectivity index (χ0) is 7.28. The number of hydrogen-bond acceptors (Lipinski definition) is 3. The van der Waals surface area contributed by atoms with Crippen LogP contribution < -0.4 is 0 Å². The van der Waals surface area contributed by atoms with E-state index < -0.39 is 11.3 Å². The van der Waals surface area contributed by atoms with E-state index in [2.05, 4.69) is 4.74 Å². The number of rotatable bonds is 3. The number of alkyl halides is 1. The SMILES string of the molecule is COC(=O)CC(Cl)C=O.Cl. The van der Waals surface area contributed by atoms with Crippen LogP contribution in [0.1, 0.15) is 6.42 Å². The maximum absolute atomic E-state index is 10.3. The molecule has 0 aromatic heterocycles. The maximum atomic E-state index is 10.3. The highest BCUT2D eigenvalue weighted by Gasteiger charge is 2.08. The number of aldehydes is 1. The van der Waals surface area contributed by atoms with Crippen LogP contribution in [0.5, 0.6) is 0 Å². The summed E-state index contributed by atoms with van der Waals surface area (Å²) in [7, 11) is 1.25. The average Bonchev–Trinajstić information content (AvgIpc) is 1.87. The van der Waals surface area contributed by atoms with Crippen molar-refractivity contribution in [3.8, 4) is 0 Å². The number of carbonyl (C=O) groups excluding carboxylic acids is 2. The zero-order valence-corrected chi connectivity index (χ0v) is 6.95. The van der Waals surface area contributed by atoms with Gasteiger partial charge in [0.05, 0.1) is 18.9 Å². The summed E-state index contributed by atoms with van der Waals surface area (Å²) in [5, 5.41) is -0.752. The number of hydrogen-bond donors (Lipinski definition) is 0. The summed E-state index contributed by atoms with van der Waals surface area (Å²) < 4.78 is 4.24. The van der Waals surface area contributed by atoms with E-state index in [1.807, 2.05) is 0 Å². The van der Waals surface area contributed by atoms with Crippen LogP contribution in [-0.4, -0.2) is 24.7 Å². The average molecular weight is 187 g/mol. The Morgan fingerprint density at radius 1 is 1.80 bits per heavy atom. The Balaban J connectivity index is 0. The summed E-state index contributed by atoms with van der Waals surface area (Å²) >= 11 is 5.27. The molecule has 0 saturated heterocycles. The highest BCUT2D eigenvalue weighted by atomic mass is 35.5. The van der Waals surface area contributed by atoms with E-state index in [-0.39, 0.29) is 18.8 Å². The van der Waals surface area contributed by atoms with Crippen molar-refractivity contribution >= 4 is 36.3 Å². The van der Waals surface area contributed by atoms with Crippen LogP contribution >= 0.6 is 24.0 Å². The summed E-state index contributed by atoms with van der Waals surface area (Å²) in [5.74, 6) is -0.470. The third-order valence-corrected chi connectivity index (χ3v) is 0.994. The van der Waals surface area contributed by atoms with E-state index in [9.17, 15) is 9.59 Å². The van der Waals surface area contributed by atoms with E-state index in [1.54, 1.807) is 0 Å². The van der Waals surface area contributed by atoms with E-state index in [0.29, 0.717) is 6.29 Å². The molecule has 3 nitrogen and oxygen atoms in total. The smallest absolute Gasteiger partial charge is 0.307 e. The first-order valence-corrected chi connectivity index (χ1v) is 2.80. The van der Waals surface area contributed by atoms with Crippen molar-refractivity contribution in [2.75, 3.05) is 7.11 Å². The van der Waals surface area contributed by atoms with Gasteiger partial charge in [-0.1, -0.05) is 0 Å². The number of methoxy groups -OCH3 is 1. The Bertz CT molecular complexity index is 115. The van der Waals surface area contributed by atoms with E-state index in [1.165, 1.54) is 7.11 Å². The first-order valence-electron chi connectivity index (χ1n) is 2.37. The Hall–Kier alpha value is -0.280.